The fourth-order valence-corrected chi connectivity index (χ4v) is 1.18. The molecule has 0 aromatic rings. The second-order valence-corrected chi connectivity index (χ2v) is 4.62. The van der Waals surface area contributed by atoms with E-state index in [-0.39, 0.29) is 24.3 Å². The molecule has 0 aliphatic rings. The van der Waals surface area contributed by atoms with Crippen molar-refractivity contribution in [2.75, 3.05) is 26.2 Å². The van der Waals surface area contributed by atoms with Crippen LogP contribution in [0, 0.1) is 11.8 Å². The lowest BCUT2D eigenvalue weighted by Crippen LogP contribution is -2.42. The fourth-order valence-electron chi connectivity index (χ4n) is 1.18. The van der Waals surface area contributed by atoms with Gasteiger partial charge in [-0.1, -0.05) is 27.7 Å². The summed E-state index contributed by atoms with van der Waals surface area (Å²) in [6.45, 7) is 10.1. The maximum Gasteiger partial charge on any atom is 0.239 e. The molecular weight excluding hydrogens is 218 g/mol. The average Bonchev–Trinajstić information content (AvgIpc) is 2.30. The number of rotatable bonds is 8. The van der Waals surface area contributed by atoms with Crippen LogP contribution in [0.25, 0.3) is 0 Å². The van der Waals surface area contributed by atoms with Crippen molar-refractivity contribution in [3.63, 3.8) is 0 Å². The van der Waals surface area contributed by atoms with Gasteiger partial charge in [-0.3, -0.25) is 9.59 Å². The van der Waals surface area contributed by atoms with Gasteiger partial charge in [0, 0.05) is 19.0 Å². The molecule has 0 rings (SSSR count). The van der Waals surface area contributed by atoms with Crippen LogP contribution in [0.15, 0.2) is 0 Å². The van der Waals surface area contributed by atoms with Crippen molar-refractivity contribution in [3.8, 4) is 0 Å². The molecule has 100 valence electrons. The topological polar surface area (TPSA) is 70.2 Å². The Morgan fingerprint density at radius 2 is 1.71 bits per heavy atom. The SMILES string of the molecule is CCNCC(C)C(=O)NCC(=O)NCC(C)C. The monoisotopic (exact) mass is 243 g/mol. The van der Waals surface area contributed by atoms with Gasteiger partial charge in [0.1, 0.15) is 0 Å². The zero-order chi connectivity index (χ0) is 13.3. The Labute approximate surface area is 104 Å². The lowest BCUT2D eigenvalue weighted by molar-refractivity contribution is -0.128. The van der Waals surface area contributed by atoms with E-state index < -0.39 is 0 Å². The van der Waals surface area contributed by atoms with Crippen molar-refractivity contribution in [2.24, 2.45) is 11.8 Å². The van der Waals surface area contributed by atoms with Crippen LogP contribution in [0.3, 0.4) is 0 Å². The molecule has 0 heterocycles. The van der Waals surface area contributed by atoms with Crippen LogP contribution in [-0.2, 0) is 9.59 Å². The first-order chi connectivity index (χ1) is 7.97. The van der Waals surface area contributed by atoms with Gasteiger partial charge in [0.2, 0.25) is 11.8 Å². The van der Waals surface area contributed by atoms with Gasteiger partial charge in [-0.2, -0.15) is 0 Å². The van der Waals surface area contributed by atoms with Crippen molar-refractivity contribution in [3.05, 3.63) is 0 Å². The molecule has 1 atom stereocenters. The second-order valence-electron chi connectivity index (χ2n) is 4.62. The molecule has 2 amide bonds. The molecule has 0 fully saturated rings. The average molecular weight is 243 g/mol. The minimum atomic E-state index is -0.136. The highest BCUT2D eigenvalue weighted by molar-refractivity contribution is 5.85. The molecule has 0 aliphatic carbocycles. The standard InChI is InChI=1S/C12H25N3O2/c1-5-13-7-10(4)12(17)15-8-11(16)14-6-9(2)3/h9-10,13H,5-8H2,1-4H3,(H,14,16)(H,15,17). The summed E-state index contributed by atoms with van der Waals surface area (Å²) in [5.74, 6) is 0.0727. The van der Waals surface area contributed by atoms with Crippen LogP contribution in [0.1, 0.15) is 27.7 Å². The molecule has 1 unspecified atom stereocenters. The molecule has 0 aromatic heterocycles. The van der Waals surface area contributed by atoms with Gasteiger partial charge in [-0.15, -0.1) is 0 Å². The summed E-state index contributed by atoms with van der Waals surface area (Å²) in [5, 5.41) is 8.47. The number of hydrogen-bond donors (Lipinski definition) is 3. The summed E-state index contributed by atoms with van der Waals surface area (Å²) in [6.07, 6.45) is 0. The molecule has 0 saturated carbocycles. The van der Waals surface area contributed by atoms with Crippen LogP contribution < -0.4 is 16.0 Å². The molecule has 5 nitrogen and oxygen atoms in total. The number of carbonyl (C=O) groups excluding carboxylic acids is 2. The molecular formula is C12H25N3O2. The first-order valence-corrected chi connectivity index (χ1v) is 6.22. The van der Waals surface area contributed by atoms with Gasteiger partial charge in [-0.05, 0) is 12.5 Å². The third kappa shape index (κ3) is 8.68. The van der Waals surface area contributed by atoms with Crippen LogP contribution in [0.2, 0.25) is 0 Å². The lowest BCUT2D eigenvalue weighted by atomic mass is 10.1. The van der Waals surface area contributed by atoms with Gasteiger partial charge < -0.3 is 16.0 Å². The van der Waals surface area contributed by atoms with Gasteiger partial charge in [0.25, 0.3) is 0 Å². The molecule has 0 spiro atoms. The van der Waals surface area contributed by atoms with E-state index in [1.165, 1.54) is 0 Å². The quantitative estimate of drug-likeness (QED) is 0.567. The van der Waals surface area contributed by atoms with Gasteiger partial charge >= 0.3 is 0 Å². The molecule has 17 heavy (non-hydrogen) atoms. The van der Waals surface area contributed by atoms with E-state index in [1.54, 1.807) is 0 Å². The molecule has 0 saturated heterocycles. The Morgan fingerprint density at radius 3 is 2.24 bits per heavy atom. The molecule has 0 aliphatic heterocycles. The number of hydrogen-bond acceptors (Lipinski definition) is 3. The summed E-state index contributed by atoms with van der Waals surface area (Å²) in [4.78, 5) is 22.9. The van der Waals surface area contributed by atoms with E-state index in [0.29, 0.717) is 19.0 Å². The summed E-state index contributed by atoms with van der Waals surface area (Å²) in [7, 11) is 0. The zero-order valence-electron chi connectivity index (χ0n) is 11.3. The summed E-state index contributed by atoms with van der Waals surface area (Å²) < 4.78 is 0. The second kappa shape index (κ2) is 8.98. The minimum Gasteiger partial charge on any atom is -0.354 e. The molecule has 0 radical (unpaired) electrons. The highest BCUT2D eigenvalue weighted by atomic mass is 16.2. The van der Waals surface area contributed by atoms with Crippen LogP contribution >= 0.6 is 0 Å². The Bertz CT molecular complexity index is 242. The number of carbonyl (C=O) groups is 2. The third-order valence-corrected chi connectivity index (χ3v) is 2.28. The van der Waals surface area contributed by atoms with Crippen LogP contribution in [-0.4, -0.2) is 38.0 Å². The first kappa shape index (κ1) is 15.9. The molecule has 5 heteroatoms. The van der Waals surface area contributed by atoms with Crippen molar-refractivity contribution < 1.29 is 9.59 Å². The van der Waals surface area contributed by atoms with Crippen molar-refractivity contribution >= 4 is 11.8 Å². The number of amides is 2. The van der Waals surface area contributed by atoms with E-state index in [1.807, 2.05) is 27.7 Å². The highest BCUT2D eigenvalue weighted by Crippen LogP contribution is 1.92. The van der Waals surface area contributed by atoms with Crippen molar-refractivity contribution in [1.29, 1.82) is 0 Å². The van der Waals surface area contributed by atoms with Crippen molar-refractivity contribution in [2.45, 2.75) is 27.7 Å². The summed E-state index contributed by atoms with van der Waals surface area (Å²) >= 11 is 0. The van der Waals surface area contributed by atoms with E-state index in [0.717, 1.165) is 6.54 Å². The van der Waals surface area contributed by atoms with Gasteiger partial charge in [-0.25, -0.2) is 0 Å². The van der Waals surface area contributed by atoms with E-state index in [9.17, 15) is 9.59 Å². The van der Waals surface area contributed by atoms with Gasteiger partial charge in [0.05, 0.1) is 6.54 Å². The Morgan fingerprint density at radius 1 is 1.06 bits per heavy atom. The third-order valence-electron chi connectivity index (χ3n) is 2.28. The molecule has 0 aromatic carbocycles. The van der Waals surface area contributed by atoms with Crippen LogP contribution in [0.5, 0.6) is 0 Å². The van der Waals surface area contributed by atoms with E-state index in [4.69, 9.17) is 0 Å². The van der Waals surface area contributed by atoms with Crippen LogP contribution in [0.4, 0.5) is 0 Å². The Balaban J connectivity index is 3.71. The summed E-state index contributed by atoms with van der Waals surface area (Å²) in [5.41, 5.74) is 0. The van der Waals surface area contributed by atoms with E-state index >= 15 is 0 Å². The maximum absolute atomic E-state index is 11.6. The number of nitrogens with one attached hydrogen (secondary N) is 3. The molecule has 3 N–H and O–H groups in total. The predicted octanol–water partition coefficient (Wildman–Crippen LogP) is 0.120. The zero-order valence-corrected chi connectivity index (χ0v) is 11.3. The highest BCUT2D eigenvalue weighted by Gasteiger charge is 2.12. The Kier molecular flexibility index (Phi) is 8.40. The normalized spacial score (nSPS) is 12.3. The lowest BCUT2D eigenvalue weighted by Gasteiger charge is -2.13. The minimum absolute atomic E-state index is 0.0576. The fraction of sp³-hybridized carbons (Fsp3) is 0.833. The molecule has 0 bridgehead atoms. The largest absolute Gasteiger partial charge is 0.354 e. The maximum atomic E-state index is 11.6. The summed E-state index contributed by atoms with van der Waals surface area (Å²) in [6, 6.07) is 0. The first-order valence-electron chi connectivity index (χ1n) is 6.22. The van der Waals surface area contributed by atoms with Crippen molar-refractivity contribution in [1.82, 2.24) is 16.0 Å². The van der Waals surface area contributed by atoms with Gasteiger partial charge in [0.15, 0.2) is 0 Å². The Hall–Kier alpha value is -1.10. The smallest absolute Gasteiger partial charge is 0.239 e. The van der Waals surface area contributed by atoms with E-state index in [2.05, 4.69) is 16.0 Å². The predicted molar refractivity (Wildman–Crippen MR) is 68.6 cm³/mol.